The van der Waals surface area contributed by atoms with E-state index < -0.39 is 16.7 Å². The monoisotopic (exact) mass is 483 g/mol. The first-order valence-corrected chi connectivity index (χ1v) is 11.2. The summed E-state index contributed by atoms with van der Waals surface area (Å²) >= 11 is 13.5. The zero-order valence-corrected chi connectivity index (χ0v) is 19.7. The molecule has 31 heavy (non-hydrogen) atoms. The Hall–Kier alpha value is -2.29. The van der Waals surface area contributed by atoms with Crippen LogP contribution in [0.15, 0.2) is 41.3 Å². The van der Waals surface area contributed by atoms with Crippen molar-refractivity contribution in [2.45, 2.75) is 25.2 Å². The lowest BCUT2D eigenvalue weighted by atomic mass is 10.1. The van der Waals surface area contributed by atoms with Gasteiger partial charge in [0.25, 0.3) is 11.6 Å². The first-order valence-electron chi connectivity index (χ1n) is 9.50. The van der Waals surface area contributed by atoms with Crippen LogP contribution in [0.2, 0.25) is 10.0 Å². The molecule has 0 saturated heterocycles. The number of hydrogen-bond acceptors (Lipinski definition) is 5. The number of nitro benzene ring substituents is 1. The fourth-order valence-corrected chi connectivity index (χ4v) is 4.37. The Morgan fingerprint density at radius 2 is 1.84 bits per heavy atom. The van der Waals surface area contributed by atoms with Gasteiger partial charge in [0, 0.05) is 18.7 Å². The van der Waals surface area contributed by atoms with Crippen molar-refractivity contribution >= 4 is 58.2 Å². The first-order chi connectivity index (χ1) is 14.6. The molecule has 166 valence electrons. The predicted molar refractivity (Wildman–Crippen MR) is 125 cm³/mol. The minimum atomic E-state index is -0.512. The van der Waals surface area contributed by atoms with Crippen molar-refractivity contribution in [2.24, 2.45) is 5.92 Å². The van der Waals surface area contributed by atoms with Crippen LogP contribution in [-0.4, -0.2) is 41.0 Å². The van der Waals surface area contributed by atoms with Gasteiger partial charge >= 0.3 is 0 Å². The van der Waals surface area contributed by atoms with Crippen molar-refractivity contribution in [1.29, 1.82) is 0 Å². The molecule has 2 amide bonds. The van der Waals surface area contributed by atoms with E-state index in [0.717, 1.165) is 12.2 Å². The number of carbonyl (C=O) groups excluding carboxylic acids is 2. The molecule has 0 fully saturated rings. The van der Waals surface area contributed by atoms with Gasteiger partial charge in [-0.2, -0.15) is 0 Å². The van der Waals surface area contributed by atoms with E-state index in [1.54, 1.807) is 24.3 Å². The molecule has 0 aromatic heterocycles. The Morgan fingerprint density at radius 1 is 1.19 bits per heavy atom. The van der Waals surface area contributed by atoms with Gasteiger partial charge in [0.1, 0.15) is 0 Å². The zero-order chi connectivity index (χ0) is 23.1. The fourth-order valence-electron chi connectivity index (χ4n) is 2.62. The number of nitrogens with zero attached hydrogens (tertiary/aromatic N) is 2. The van der Waals surface area contributed by atoms with E-state index in [1.807, 2.05) is 0 Å². The second kappa shape index (κ2) is 11.4. The molecule has 0 atom stereocenters. The standard InChI is InChI=1S/C21H23Cl2N3O4S/c1-13(2)9-10-31-18-8-7-14(11-17(18)26(29)30)21(28)25(3)12-19(27)24-20-15(22)5-4-6-16(20)23/h4-8,11,13H,9-10,12H2,1-3H3,(H,24,27). The van der Waals surface area contributed by atoms with Crippen LogP contribution in [0.25, 0.3) is 0 Å². The average molecular weight is 484 g/mol. The number of anilines is 1. The van der Waals surface area contributed by atoms with E-state index in [2.05, 4.69) is 19.2 Å². The van der Waals surface area contributed by atoms with Gasteiger partial charge in [0.15, 0.2) is 0 Å². The lowest BCUT2D eigenvalue weighted by Crippen LogP contribution is -2.35. The molecule has 0 aliphatic rings. The summed E-state index contributed by atoms with van der Waals surface area (Å²) in [5.41, 5.74) is 0.265. The van der Waals surface area contributed by atoms with Crippen molar-refractivity contribution in [3.63, 3.8) is 0 Å². The van der Waals surface area contributed by atoms with Gasteiger partial charge < -0.3 is 10.2 Å². The van der Waals surface area contributed by atoms with Crippen molar-refractivity contribution < 1.29 is 14.5 Å². The maximum Gasteiger partial charge on any atom is 0.283 e. The summed E-state index contributed by atoms with van der Waals surface area (Å²) in [5.74, 6) is 0.229. The number of nitro groups is 1. The van der Waals surface area contributed by atoms with Crippen molar-refractivity contribution in [3.05, 3.63) is 62.1 Å². The number of halogens is 2. The van der Waals surface area contributed by atoms with E-state index in [-0.39, 0.29) is 33.5 Å². The number of para-hydroxylation sites is 1. The predicted octanol–water partition coefficient (Wildman–Crippen LogP) is 5.75. The summed E-state index contributed by atoms with van der Waals surface area (Å²) in [5, 5.41) is 14.6. The van der Waals surface area contributed by atoms with Crippen LogP contribution in [0.3, 0.4) is 0 Å². The molecule has 1 N–H and O–H groups in total. The van der Waals surface area contributed by atoms with Crippen LogP contribution in [0.1, 0.15) is 30.6 Å². The van der Waals surface area contributed by atoms with E-state index in [1.165, 1.54) is 35.8 Å². The third-order valence-electron chi connectivity index (χ3n) is 4.31. The largest absolute Gasteiger partial charge is 0.332 e. The van der Waals surface area contributed by atoms with Gasteiger partial charge in [-0.25, -0.2) is 0 Å². The minimum absolute atomic E-state index is 0.125. The normalized spacial score (nSPS) is 10.8. The van der Waals surface area contributed by atoms with Crippen LogP contribution >= 0.6 is 35.0 Å². The molecular formula is C21H23Cl2N3O4S. The third-order valence-corrected chi connectivity index (χ3v) is 6.04. The van der Waals surface area contributed by atoms with Gasteiger partial charge in [-0.05, 0) is 42.4 Å². The molecule has 0 spiro atoms. The molecule has 0 saturated carbocycles. The quantitative estimate of drug-likeness (QED) is 0.278. The van der Waals surface area contributed by atoms with Gasteiger partial charge in [0.05, 0.1) is 32.1 Å². The number of hydrogen-bond donors (Lipinski definition) is 1. The molecule has 0 heterocycles. The maximum absolute atomic E-state index is 12.7. The zero-order valence-electron chi connectivity index (χ0n) is 17.4. The van der Waals surface area contributed by atoms with Crippen LogP contribution in [-0.2, 0) is 4.79 Å². The summed E-state index contributed by atoms with van der Waals surface area (Å²) in [6, 6.07) is 9.17. The summed E-state index contributed by atoms with van der Waals surface area (Å²) < 4.78 is 0. The summed E-state index contributed by atoms with van der Waals surface area (Å²) in [4.78, 5) is 37.7. The number of rotatable bonds is 9. The minimum Gasteiger partial charge on any atom is -0.332 e. The fraction of sp³-hybridized carbons (Fsp3) is 0.333. The molecule has 10 heteroatoms. The Kier molecular flexibility index (Phi) is 9.15. The molecular weight excluding hydrogens is 461 g/mol. The molecule has 2 rings (SSSR count). The van der Waals surface area contributed by atoms with Gasteiger partial charge in [-0.15, -0.1) is 11.8 Å². The van der Waals surface area contributed by atoms with Gasteiger partial charge in [-0.3, -0.25) is 19.7 Å². The van der Waals surface area contributed by atoms with Crippen LogP contribution in [0, 0.1) is 16.0 Å². The number of likely N-dealkylation sites (N-methyl/N-ethyl adjacent to an activating group) is 1. The molecule has 0 unspecified atom stereocenters. The Balaban J connectivity index is 2.09. The summed E-state index contributed by atoms with van der Waals surface area (Å²) in [7, 11) is 1.44. The second-order valence-corrected chi connectivity index (χ2v) is 9.23. The smallest absolute Gasteiger partial charge is 0.283 e. The molecule has 0 aliphatic carbocycles. The third kappa shape index (κ3) is 7.12. The lowest BCUT2D eigenvalue weighted by molar-refractivity contribution is -0.387. The molecule has 7 nitrogen and oxygen atoms in total. The maximum atomic E-state index is 12.7. The first kappa shape index (κ1) is 25.0. The Morgan fingerprint density at radius 3 is 2.42 bits per heavy atom. The molecule has 0 bridgehead atoms. The SMILES string of the molecule is CC(C)CCSc1ccc(C(=O)N(C)CC(=O)Nc2c(Cl)cccc2Cl)cc1[N+](=O)[O-]. The van der Waals surface area contributed by atoms with Crippen molar-refractivity contribution in [2.75, 3.05) is 24.7 Å². The highest BCUT2D eigenvalue weighted by Gasteiger charge is 2.21. The van der Waals surface area contributed by atoms with Crippen LogP contribution in [0.5, 0.6) is 0 Å². The van der Waals surface area contributed by atoms with Crippen molar-refractivity contribution in [3.8, 4) is 0 Å². The van der Waals surface area contributed by atoms with Crippen LogP contribution in [0.4, 0.5) is 11.4 Å². The lowest BCUT2D eigenvalue weighted by Gasteiger charge is -2.18. The van der Waals surface area contributed by atoms with Gasteiger partial charge in [0.2, 0.25) is 5.91 Å². The molecule has 0 aliphatic heterocycles. The topological polar surface area (TPSA) is 92.6 Å². The van der Waals surface area contributed by atoms with Crippen LogP contribution < -0.4 is 5.32 Å². The van der Waals surface area contributed by atoms with Gasteiger partial charge in [-0.1, -0.05) is 43.1 Å². The molecule has 2 aromatic rings. The number of nitrogens with one attached hydrogen (secondary N) is 1. The van der Waals surface area contributed by atoms with E-state index in [4.69, 9.17) is 23.2 Å². The number of thioether (sulfide) groups is 1. The highest BCUT2D eigenvalue weighted by atomic mass is 35.5. The highest BCUT2D eigenvalue weighted by Crippen LogP contribution is 2.32. The van der Waals surface area contributed by atoms with E-state index >= 15 is 0 Å². The van der Waals surface area contributed by atoms with E-state index in [0.29, 0.717) is 10.8 Å². The van der Waals surface area contributed by atoms with E-state index in [9.17, 15) is 19.7 Å². The Bertz CT molecular complexity index is 965. The van der Waals surface area contributed by atoms with Crippen molar-refractivity contribution in [1.82, 2.24) is 4.90 Å². The number of amides is 2. The highest BCUT2D eigenvalue weighted by molar-refractivity contribution is 7.99. The molecule has 0 radical (unpaired) electrons. The summed E-state index contributed by atoms with van der Waals surface area (Å²) in [6.07, 6.45) is 0.926. The average Bonchev–Trinajstić information content (AvgIpc) is 2.70. The molecule has 2 aromatic carbocycles. The number of benzene rings is 2. The Labute approximate surface area is 195 Å². The number of carbonyl (C=O) groups is 2. The summed E-state index contributed by atoms with van der Waals surface area (Å²) in [6.45, 7) is 3.89. The second-order valence-electron chi connectivity index (χ2n) is 7.28.